The molecule has 0 aliphatic rings. The first-order valence-corrected chi connectivity index (χ1v) is 11.4. The third-order valence-electron chi connectivity index (χ3n) is 4.36. The molecule has 3 aromatic rings. The van der Waals surface area contributed by atoms with E-state index in [2.05, 4.69) is 5.32 Å². The molecule has 0 fully saturated rings. The molecule has 0 bridgehead atoms. The number of ketones is 1. The van der Waals surface area contributed by atoms with E-state index in [-0.39, 0.29) is 23.0 Å². The Bertz CT molecular complexity index is 1250. The number of amides is 1. The highest BCUT2D eigenvalue weighted by atomic mass is 35.5. The Morgan fingerprint density at radius 1 is 0.903 bits per heavy atom. The van der Waals surface area contributed by atoms with Crippen molar-refractivity contribution < 1.29 is 18.0 Å². The normalized spacial score (nSPS) is 11.2. The molecule has 0 aliphatic carbocycles. The molecule has 3 rings (SSSR count). The van der Waals surface area contributed by atoms with Gasteiger partial charge in [0.25, 0.3) is 0 Å². The number of carbonyl (C=O) groups excluding carboxylic acids is 2. The fourth-order valence-electron chi connectivity index (χ4n) is 3.07. The summed E-state index contributed by atoms with van der Waals surface area (Å²) < 4.78 is 22.6. The van der Waals surface area contributed by atoms with Gasteiger partial charge in [0.05, 0.1) is 11.3 Å². The molecule has 0 saturated carbocycles. The summed E-state index contributed by atoms with van der Waals surface area (Å²) in [5, 5.41) is 8.47. The number of primary sulfonamides is 1. The van der Waals surface area contributed by atoms with E-state index in [9.17, 15) is 18.0 Å². The zero-order chi connectivity index (χ0) is 22.8. The van der Waals surface area contributed by atoms with E-state index in [1.165, 1.54) is 36.4 Å². The van der Waals surface area contributed by atoms with Crippen LogP contribution in [-0.2, 0) is 21.2 Å². The van der Waals surface area contributed by atoms with E-state index in [1.54, 1.807) is 18.2 Å². The van der Waals surface area contributed by atoms with Crippen LogP contribution in [0.5, 0.6) is 0 Å². The number of nitrogens with two attached hydrogens (primary N) is 1. The molecular formula is C22H18Cl2N2O4S. The zero-order valence-corrected chi connectivity index (χ0v) is 18.7. The molecule has 3 aromatic carbocycles. The van der Waals surface area contributed by atoms with Gasteiger partial charge in [-0.05, 0) is 67.1 Å². The van der Waals surface area contributed by atoms with Crippen LogP contribution >= 0.6 is 23.2 Å². The number of halogens is 2. The highest BCUT2D eigenvalue weighted by Gasteiger charge is 2.14. The smallest absolute Gasteiger partial charge is 0.238 e. The Morgan fingerprint density at radius 3 is 2.06 bits per heavy atom. The fourth-order valence-corrected chi connectivity index (χ4v) is 4.11. The van der Waals surface area contributed by atoms with Crippen LogP contribution in [0.15, 0.2) is 65.6 Å². The average Bonchev–Trinajstić information content (AvgIpc) is 2.65. The van der Waals surface area contributed by atoms with E-state index >= 15 is 0 Å². The van der Waals surface area contributed by atoms with E-state index in [0.717, 1.165) is 5.56 Å². The summed E-state index contributed by atoms with van der Waals surface area (Å²) in [5.74, 6) is -0.577. The second-order valence-corrected chi connectivity index (χ2v) is 9.42. The summed E-state index contributed by atoms with van der Waals surface area (Å²) in [4.78, 5) is 25.3. The van der Waals surface area contributed by atoms with Crippen molar-refractivity contribution in [2.24, 2.45) is 5.14 Å². The molecule has 31 heavy (non-hydrogen) atoms. The lowest BCUT2D eigenvalue weighted by Gasteiger charge is -2.09. The van der Waals surface area contributed by atoms with Crippen LogP contribution in [0, 0.1) is 6.92 Å². The molecule has 0 aliphatic heterocycles. The molecule has 0 unspecified atom stereocenters. The summed E-state index contributed by atoms with van der Waals surface area (Å²) in [5.41, 5.74) is 2.66. The number of aryl methyl sites for hydroxylation is 1. The number of carbonyl (C=O) groups is 2. The maximum Gasteiger partial charge on any atom is 0.238 e. The Hall–Kier alpha value is -2.71. The number of hydrogen-bond donors (Lipinski definition) is 2. The topological polar surface area (TPSA) is 106 Å². The van der Waals surface area contributed by atoms with Gasteiger partial charge in [0, 0.05) is 26.9 Å². The number of benzene rings is 3. The average molecular weight is 477 g/mol. The van der Waals surface area contributed by atoms with Gasteiger partial charge in [-0.3, -0.25) is 9.59 Å². The maximum atomic E-state index is 12.9. The zero-order valence-electron chi connectivity index (χ0n) is 16.4. The molecule has 0 radical (unpaired) electrons. The number of rotatable bonds is 6. The van der Waals surface area contributed by atoms with Gasteiger partial charge in [0.1, 0.15) is 0 Å². The van der Waals surface area contributed by atoms with Gasteiger partial charge in [-0.1, -0.05) is 34.8 Å². The summed E-state index contributed by atoms with van der Waals surface area (Å²) in [6, 6.07) is 15.3. The van der Waals surface area contributed by atoms with Crippen molar-refractivity contribution in [1.29, 1.82) is 0 Å². The standard InChI is InChI=1S/C22H18Cl2N2O4S/c1-13-6-14(8-15(7-13)22(28)16-10-17(23)12-18(24)11-16)9-21(27)26-19-2-4-20(5-3-19)31(25,29)30/h2-8,10-12H,9H2,1H3,(H,26,27)(H2,25,29,30). The van der Waals surface area contributed by atoms with Crippen LogP contribution in [0.25, 0.3) is 0 Å². The van der Waals surface area contributed by atoms with Crippen molar-refractivity contribution >= 4 is 50.6 Å². The fraction of sp³-hybridized carbons (Fsp3) is 0.0909. The van der Waals surface area contributed by atoms with Crippen molar-refractivity contribution in [1.82, 2.24) is 0 Å². The predicted octanol–water partition coefficient (Wildman–Crippen LogP) is 4.36. The monoisotopic (exact) mass is 476 g/mol. The molecule has 160 valence electrons. The molecule has 1 amide bonds. The predicted molar refractivity (Wildman–Crippen MR) is 121 cm³/mol. The largest absolute Gasteiger partial charge is 0.326 e. The summed E-state index contributed by atoms with van der Waals surface area (Å²) >= 11 is 12.0. The second kappa shape index (κ2) is 9.20. The maximum absolute atomic E-state index is 12.9. The van der Waals surface area contributed by atoms with Gasteiger partial charge in [0.15, 0.2) is 5.78 Å². The van der Waals surface area contributed by atoms with E-state index < -0.39 is 10.0 Å². The van der Waals surface area contributed by atoms with Crippen LogP contribution in [-0.4, -0.2) is 20.1 Å². The van der Waals surface area contributed by atoms with E-state index in [0.29, 0.717) is 32.4 Å². The van der Waals surface area contributed by atoms with Crippen LogP contribution in [0.4, 0.5) is 5.69 Å². The molecule has 0 spiro atoms. The van der Waals surface area contributed by atoms with Crippen molar-refractivity contribution in [3.63, 3.8) is 0 Å². The van der Waals surface area contributed by atoms with Gasteiger partial charge in [0.2, 0.25) is 15.9 Å². The summed E-state index contributed by atoms with van der Waals surface area (Å²) in [7, 11) is -3.80. The minimum atomic E-state index is -3.80. The third-order valence-corrected chi connectivity index (χ3v) is 5.72. The Morgan fingerprint density at radius 2 is 1.48 bits per heavy atom. The van der Waals surface area contributed by atoms with Crippen LogP contribution in [0.2, 0.25) is 10.0 Å². The second-order valence-electron chi connectivity index (χ2n) is 6.99. The number of anilines is 1. The first-order valence-electron chi connectivity index (χ1n) is 9.05. The Balaban J connectivity index is 1.77. The molecule has 0 saturated heterocycles. The van der Waals surface area contributed by atoms with Gasteiger partial charge < -0.3 is 5.32 Å². The molecule has 6 nitrogen and oxygen atoms in total. The first-order chi connectivity index (χ1) is 14.5. The lowest BCUT2D eigenvalue weighted by molar-refractivity contribution is -0.115. The first kappa shape index (κ1) is 23.0. The minimum absolute atomic E-state index is 0.0230. The molecule has 0 aromatic heterocycles. The number of sulfonamides is 1. The van der Waals surface area contributed by atoms with Crippen LogP contribution in [0.3, 0.4) is 0 Å². The Labute approximate surface area is 190 Å². The lowest BCUT2D eigenvalue weighted by atomic mass is 9.97. The van der Waals surface area contributed by atoms with Gasteiger partial charge in [-0.25, -0.2) is 13.6 Å². The van der Waals surface area contributed by atoms with Gasteiger partial charge in [-0.2, -0.15) is 0 Å². The molecule has 3 N–H and O–H groups in total. The third kappa shape index (κ3) is 6.15. The van der Waals surface area contributed by atoms with Crippen LogP contribution in [0.1, 0.15) is 27.0 Å². The SMILES string of the molecule is Cc1cc(CC(=O)Nc2ccc(S(N)(=O)=O)cc2)cc(C(=O)c2cc(Cl)cc(Cl)c2)c1. The van der Waals surface area contributed by atoms with Crippen LogP contribution < -0.4 is 10.5 Å². The number of nitrogens with one attached hydrogen (secondary N) is 1. The molecule has 9 heteroatoms. The number of hydrogen-bond acceptors (Lipinski definition) is 4. The van der Waals surface area contributed by atoms with E-state index in [1.807, 2.05) is 13.0 Å². The van der Waals surface area contributed by atoms with Gasteiger partial charge >= 0.3 is 0 Å². The minimum Gasteiger partial charge on any atom is -0.326 e. The highest BCUT2D eigenvalue weighted by molar-refractivity contribution is 7.89. The Kier molecular flexibility index (Phi) is 6.81. The molecular weight excluding hydrogens is 459 g/mol. The summed E-state index contributed by atoms with van der Waals surface area (Å²) in [6.45, 7) is 1.83. The van der Waals surface area contributed by atoms with E-state index in [4.69, 9.17) is 28.3 Å². The highest BCUT2D eigenvalue weighted by Crippen LogP contribution is 2.22. The molecule has 0 heterocycles. The molecule has 0 atom stereocenters. The summed E-state index contributed by atoms with van der Waals surface area (Å²) in [6.07, 6.45) is 0.0230. The lowest BCUT2D eigenvalue weighted by Crippen LogP contribution is -2.16. The van der Waals surface area contributed by atoms with Gasteiger partial charge in [-0.15, -0.1) is 0 Å². The quantitative estimate of drug-likeness (QED) is 0.515. The van der Waals surface area contributed by atoms with Crippen molar-refractivity contribution in [2.75, 3.05) is 5.32 Å². The van der Waals surface area contributed by atoms with Crippen molar-refractivity contribution in [2.45, 2.75) is 18.2 Å². The van der Waals surface area contributed by atoms with Crippen molar-refractivity contribution in [3.8, 4) is 0 Å². The van der Waals surface area contributed by atoms with Crippen molar-refractivity contribution in [3.05, 3.63) is 93.0 Å².